The van der Waals surface area contributed by atoms with Gasteiger partial charge in [0.2, 0.25) is 12.7 Å². The Morgan fingerprint density at radius 2 is 1.93 bits per heavy atom. The largest absolute Gasteiger partial charge is 0.454 e. The van der Waals surface area contributed by atoms with Gasteiger partial charge >= 0.3 is 0 Å². The summed E-state index contributed by atoms with van der Waals surface area (Å²) >= 11 is 0. The lowest BCUT2D eigenvalue weighted by molar-refractivity contribution is -0.115. The summed E-state index contributed by atoms with van der Waals surface area (Å²) < 4.78 is 23.9. The van der Waals surface area contributed by atoms with Gasteiger partial charge < -0.3 is 14.8 Å². The van der Waals surface area contributed by atoms with Crippen molar-refractivity contribution in [2.45, 2.75) is 26.7 Å². The fourth-order valence-electron chi connectivity index (χ4n) is 3.29. The number of nitrogens with zero attached hydrogens (tertiary/aromatic N) is 1. The highest BCUT2D eigenvalue weighted by atomic mass is 19.1. The number of carbonyl (C=O) groups excluding carboxylic acids is 1. The lowest BCUT2D eigenvalue weighted by Gasteiger charge is -2.10. The summed E-state index contributed by atoms with van der Waals surface area (Å²) in [6.45, 7) is 4.40. The average molecular weight is 395 g/mol. The summed E-state index contributed by atoms with van der Waals surface area (Å²) in [6, 6.07) is 11.5. The van der Waals surface area contributed by atoms with Crippen molar-refractivity contribution in [2.75, 3.05) is 12.1 Å². The molecule has 29 heavy (non-hydrogen) atoms. The zero-order valence-electron chi connectivity index (χ0n) is 16.3. The molecule has 150 valence electrons. The molecule has 0 atom stereocenters. The molecule has 0 bridgehead atoms. The van der Waals surface area contributed by atoms with Crippen LogP contribution in [-0.2, 0) is 17.6 Å². The average Bonchev–Trinajstić information content (AvgIpc) is 3.30. The molecule has 2 heterocycles. The standard InChI is InChI=1S/C22H22FN3O3/c1-13(2)9-17-22(24-20(27)10-14-3-6-16(23)7-4-14)21(26-25-17)15-5-8-18-19(11-15)29-12-28-18/h3-8,11,13H,9-10,12H2,1-2H3,(H,24,27)(H,25,26). The molecule has 6 nitrogen and oxygen atoms in total. The number of aromatic amines is 1. The fraction of sp³-hybridized carbons (Fsp3) is 0.273. The van der Waals surface area contributed by atoms with E-state index in [0.717, 1.165) is 23.2 Å². The number of halogens is 1. The third-order valence-corrected chi connectivity index (χ3v) is 4.64. The molecule has 2 N–H and O–H groups in total. The number of hydrogen-bond acceptors (Lipinski definition) is 4. The van der Waals surface area contributed by atoms with Crippen molar-refractivity contribution in [3.8, 4) is 22.8 Å². The maximum atomic E-state index is 13.1. The summed E-state index contributed by atoms with van der Waals surface area (Å²) in [5.74, 6) is 1.21. The minimum atomic E-state index is -0.326. The van der Waals surface area contributed by atoms with Crippen LogP contribution >= 0.6 is 0 Å². The third-order valence-electron chi connectivity index (χ3n) is 4.64. The number of amides is 1. The second-order valence-electron chi connectivity index (χ2n) is 7.44. The number of nitrogens with one attached hydrogen (secondary N) is 2. The zero-order chi connectivity index (χ0) is 20.4. The summed E-state index contributed by atoms with van der Waals surface area (Å²) in [5, 5.41) is 10.5. The normalized spacial score (nSPS) is 12.4. The lowest BCUT2D eigenvalue weighted by atomic mass is 10.0. The Kier molecular flexibility index (Phi) is 5.20. The molecule has 2 aromatic carbocycles. The molecule has 4 rings (SSSR count). The zero-order valence-corrected chi connectivity index (χ0v) is 16.3. The van der Waals surface area contributed by atoms with Crippen LogP contribution in [0.5, 0.6) is 11.5 Å². The highest BCUT2D eigenvalue weighted by Gasteiger charge is 2.21. The van der Waals surface area contributed by atoms with Crippen molar-refractivity contribution in [1.82, 2.24) is 10.2 Å². The van der Waals surface area contributed by atoms with Crippen LogP contribution in [0, 0.1) is 11.7 Å². The molecule has 0 fully saturated rings. The first-order valence-corrected chi connectivity index (χ1v) is 9.51. The maximum absolute atomic E-state index is 13.1. The molecule has 0 spiro atoms. The van der Waals surface area contributed by atoms with E-state index in [4.69, 9.17) is 9.47 Å². The second kappa shape index (κ2) is 7.95. The van der Waals surface area contributed by atoms with Gasteiger partial charge in [-0.25, -0.2) is 4.39 Å². The van der Waals surface area contributed by atoms with Gasteiger partial charge in [-0.05, 0) is 48.2 Å². The lowest BCUT2D eigenvalue weighted by Crippen LogP contribution is -2.16. The molecule has 0 saturated heterocycles. The summed E-state index contributed by atoms with van der Waals surface area (Å²) in [5.41, 5.74) is 3.72. The van der Waals surface area contributed by atoms with E-state index in [9.17, 15) is 9.18 Å². The smallest absolute Gasteiger partial charge is 0.231 e. The molecule has 1 aliphatic heterocycles. The van der Waals surface area contributed by atoms with Gasteiger partial charge in [0.05, 0.1) is 17.8 Å². The van der Waals surface area contributed by atoms with E-state index in [2.05, 4.69) is 29.4 Å². The number of anilines is 1. The van der Waals surface area contributed by atoms with Gasteiger partial charge in [-0.2, -0.15) is 5.10 Å². The number of aromatic nitrogens is 2. The van der Waals surface area contributed by atoms with Crippen LogP contribution in [0.3, 0.4) is 0 Å². The van der Waals surface area contributed by atoms with Crippen LogP contribution in [0.1, 0.15) is 25.1 Å². The summed E-state index contributed by atoms with van der Waals surface area (Å²) in [7, 11) is 0. The Morgan fingerprint density at radius 3 is 2.69 bits per heavy atom. The predicted octanol–water partition coefficient (Wildman–Crippen LogP) is 4.32. The van der Waals surface area contributed by atoms with Crippen molar-refractivity contribution in [2.24, 2.45) is 5.92 Å². The molecule has 1 amide bonds. The van der Waals surface area contributed by atoms with Crippen LogP contribution in [0.25, 0.3) is 11.3 Å². The Hall–Kier alpha value is -3.35. The highest BCUT2D eigenvalue weighted by Crippen LogP contribution is 2.38. The molecule has 0 radical (unpaired) electrons. The van der Waals surface area contributed by atoms with Gasteiger partial charge in [0.25, 0.3) is 0 Å². The van der Waals surface area contributed by atoms with Crippen molar-refractivity contribution >= 4 is 11.6 Å². The molecule has 0 saturated carbocycles. The topological polar surface area (TPSA) is 76.2 Å². The quantitative estimate of drug-likeness (QED) is 0.652. The SMILES string of the molecule is CC(C)Cc1[nH]nc(-c2ccc3c(c2)OCO3)c1NC(=O)Cc1ccc(F)cc1. The van der Waals surface area contributed by atoms with E-state index in [-0.39, 0.29) is 24.9 Å². The Balaban J connectivity index is 1.62. The molecule has 1 aromatic heterocycles. The summed E-state index contributed by atoms with van der Waals surface area (Å²) in [4.78, 5) is 12.7. The number of carbonyl (C=O) groups is 1. The minimum absolute atomic E-state index is 0.146. The van der Waals surface area contributed by atoms with E-state index in [0.29, 0.717) is 28.8 Å². The minimum Gasteiger partial charge on any atom is -0.454 e. The number of H-pyrrole nitrogens is 1. The van der Waals surface area contributed by atoms with Gasteiger partial charge in [0.1, 0.15) is 11.5 Å². The maximum Gasteiger partial charge on any atom is 0.231 e. The van der Waals surface area contributed by atoms with Crippen LogP contribution < -0.4 is 14.8 Å². The van der Waals surface area contributed by atoms with Crippen LogP contribution in [0.4, 0.5) is 10.1 Å². The summed E-state index contributed by atoms with van der Waals surface area (Å²) in [6.07, 6.45) is 0.886. The van der Waals surface area contributed by atoms with Crippen molar-refractivity contribution in [1.29, 1.82) is 0 Å². The molecule has 3 aromatic rings. The van der Waals surface area contributed by atoms with Crippen LogP contribution in [-0.4, -0.2) is 22.9 Å². The molecular weight excluding hydrogens is 373 g/mol. The van der Waals surface area contributed by atoms with Gasteiger partial charge in [0.15, 0.2) is 11.5 Å². The highest BCUT2D eigenvalue weighted by molar-refractivity contribution is 5.96. The first-order valence-electron chi connectivity index (χ1n) is 9.51. The number of benzene rings is 2. The van der Waals surface area contributed by atoms with Gasteiger partial charge in [0, 0.05) is 5.56 Å². The van der Waals surface area contributed by atoms with Crippen molar-refractivity contribution in [3.05, 3.63) is 59.5 Å². The molecular formula is C22H22FN3O3. The first kappa shape index (κ1) is 19.0. The van der Waals surface area contributed by atoms with E-state index < -0.39 is 0 Å². The predicted molar refractivity (Wildman–Crippen MR) is 107 cm³/mol. The van der Waals surface area contributed by atoms with E-state index >= 15 is 0 Å². The van der Waals surface area contributed by atoms with Crippen molar-refractivity contribution in [3.63, 3.8) is 0 Å². The second-order valence-corrected chi connectivity index (χ2v) is 7.44. The third kappa shape index (κ3) is 4.23. The molecule has 0 aliphatic carbocycles. The van der Waals surface area contributed by atoms with E-state index in [1.54, 1.807) is 12.1 Å². The number of fused-ring (bicyclic) bond motifs is 1. The Bertz CT molecular complexity index is 1030. The monoisotopic (exact) mass is 395 g/mol. The number of hydrogen-bond donors (Lipinski definition) is 2. The Labute approximate surface area is 168 Å². The number of rotatable bonds is 6. The molecule has 1 aliphatic rings. The Morgan fingerprint density at radius 1 is 1.17 bits per heavy atom. The first-order chi connectivity index (χ1) is 14.0. The van der Waals surface area contributed by atoms with Crippen LogP contribution in [0.2, 0.25) is 0 Å². The molecule has 0 unspecified atom stereocenters. The van der Waals surface area contributed by atoms with E-state index in [1.165, 1.54) is 12.1 Å². The van der Waals surface area contributed by atoms with Crippen molar-refractivity contribution < 1.29 is 18.7 Å². The van der Waals surface area contributed by atoms with Gasteiger partial charge in [-0.15, -0.1) is 0 Å². The van der Waals surface area contributed by atoms with E-state index in [1.807, 2.05) is 18.2 Å². The molecule has 7 heteroatoms. The van der Waals surface area contributed by atoms with Crippen LogP contribution in [0.15, 0.2) is 42.5 Å². The van der Waals surface area contributed by atoms with Gasteiger partial charge in [-0.1, -0.05) is 26.0 Å². The number of ether oxygens (including phenoxy) is 2. The fourth-order valence-corrected chi connectivity index (χ4v) is 3.29. The van der Waals surface area contributed by atoms with Gasteiger partial charge in [-0.3, -0.25) is 9.89 Å².